The van der Waals surface area contributed by atoms with Crippen LogP contribution in [0.2, 0.25) is 0 Å². The average molecular weight is 205 g/mol. The van der Waals surface area contributed by atoms with E-state index >= 15 is 0 Å². The first kappa shape index (κ1) is 9.67. The lowest BCUT2D eigenvalue weighted by Gasteiger charge is -1.97. The highest BCUT2D eigenvalue weighted by Gasteiger charge is 2.18. The lowest BCUT2D eigenvalue weighted by Crippen LogP contribution is -2.06. The number of nitrogens with zero attached hydrogens (tertiary/aromatic N) is 1. The Morgan fingerprint density at radius 2 is 2.17 bits per heavy atom. The van der Waals surface area contributed by atoms with E-state index in [0.29, 0.717) is 0 Å². The molecule has 12 heavy (non-hydrogen) atoms. The highest BCUT2D eigenvalue weighted by Crippen LogP contribution is 2.19. The van der Waals surface area contributed by atoms with Gasteiger partial charge in [0.15, 0.2) is 14.9 Å². The molecule has 1 heterocycles. The van der Waals surface area contributed by atoms with Crippen LogP contribution in [-0.4, -0.2) is 19.2 Å². The van der Waals surface area contributed by atoms with Gasteiger partial charge in [0, 0.05) is 4.88 Å². The number of thiazole rings is 1. The fourth-order valence-electron chi connectivity index (χ4n) is 0.885. The van der Waals surface area contributed by atoms with E-state index in [0.717, 1.165) is 11.3 Å². The second kappa shape index (κ2) is 3.53. The molecule has 5 heteroatoms. The van der Waals surface area contributed by atoms with Crippen LogP contribution in [0.15, 0.2) is 10.5 Å². The Hall–Kier alpha value is -0.420. The van der Waals surface area contributed by atoms with Crippen LogP contribution in [0, 0.1) is 0 Å². The summed E-state index contributed by atoms with van der Waals surface area (Å²) in [5, 5.41) is 0.275. The molecule has 1 aromatic heterocycles. The molecule has 0 atom stereocenters. The third-order valence-electron chi connectivity index (χ3n) is 1.60. The van der Waals surface area contributed by atoms with Crippen molar-refractivity contribution in [3.05, 3.63) is 10.4 Å². The third-order valence-corrected chi connectivity index (χ3v) is 4.41. The van der Waals surface area contributed by atoms with Crippen LogP contribution >= 0.6 is 11.3 Å². The van der Waals surface area contributed by atoms with Crippen molar-refractivity contribution < 1.29 is 8.42 Å². The van der Waals surface area contributed by atoms with Crippen LogP contribution in [0.4, 0.5) is 0 Å². The topological polar surface area (TPSA) is 47.0 Å². The van der Waals surface area contributed by atoms with E-state index in [9.17, 15) is 8.42 Å². The maximum Gasteiger partial charge on any atom is 0.196 e. The molecule has 0 aliphatic heterocycles. The van der Waals surface area contributed by atoms with Crippen molar-refractivity contribution in [1.29, 1.82) is 0 Å². The van der Waals surface area contributed by atoms with Gasteiger partial charge in [0.05, 0.1) is 11.3 Å². The molecule has 0 aromatic carbocycles. The average Bonchev–Trinajstić information content (AvgIpc) is 2.52. The van der Waals surface area contributed by atoms with E-state index < -0.39 is 9.84 Å². The normalized spacial score (nSPS) is 11.8. The molecule has 0 unspecified atom stereocenters. The lowest BCUT2D eigenvalue weighted by atomic mass is 10.4. The third kappa shape index (κ3) is 1.67. The van der Waals surface area contributed by atoms with Crippen LogP contribution in [-0.2, 0) is 16.3 Å². The number of hydrogen-bond acceptors (Lipinski definition) is 4. The van der Waals surface area contributed by atoms with Gasteiger partial charge in [-0.3, -0.25) is 0 Å². The number of hydrogen-bond donors (Lipinski definition) is 0. The Kier molecular flexibility index (Phi) is 2.85. The van der Waals surface area contributed by atoms with Gasteiger partial charge in [-0.25, -0.2) is 13.4 Å². The maximum atomic E-state index is 11.4. The zero-order chi connectivity index (χ0) is 9.19. The number of sulfone groups is 1. The minimum Gasteiger partial charge on any atom is -0.233 e. The molecule has 1 aromatic rings. The predicted octanol–water partition coefficient (Wildman–Crippen LogP) is 1.50. The molecule has 0 saturated heterocycles. The highest BCUT2D eigenvalue weighted by atomic mass is 32.2. The summed E-state index contributed by atoms with van der Waals surface area (Å²) in [6.07, 6.45) is 0.735. The van der Waals surface area contributed by atoms with E-state index in [1.54, 1.807) is 12.4 Å². The Labute approximate surface area is 76.4 Å². The molecular weight excluding hydrogens is 194 g/mol. The smallest absolute Gasteiger partial charge is 0.196 e. The summed E-state index contributed by atoms with van der Waals surface area (Å²) < 4.78 is 22.8. The summed E-state index contributed by atoms with van der Waals surface area (Å²) in [7, 11) is -3.10. The summed E-state index contributed by atoms with van der Waals surface area (Å²) in [6.45, 7) is 3.57. The molecule has 0 N–H and O–H groups in total. The molecule has 0 amide bonds. The van der Waals surface area contributed by atoms with Gasteiger partial charge in [0.2, 0.25) is 0 Å². The minimum atomic E-state index is -3.10. The summed E-state index contributed by atoms with van der Waals surface area (Å²) in [5.74, 6) is 0.129. The van der Waals surface area contributed by atoms with Gasteiger partial charge >= 0.3 is 0 Å². The van der Waals surface area contributed by atoms with Crippen molar-refractivity contribution in [3.63, 3.8) is 0 Å². The molecule has 0 radical (unpaired) electrons. The first-order valence-corrected chi connectivity index (χ1v) is 6.30. The number of aryl methyl sites for hydroxylation is 1. The first-order chi connectivity index (χ1) is 5.61. The Bertz CT molecular complexity index is 353. The standard InChI is InChI=1S/C7H11NO2S2/c1-3-6-7(8-5-11-6)12(9,10)4-2/h5H,3-4H2,1-2H3. The van der Waals surface area contributed by atoms with Crippen LogP contribution in [0.25, 0.3) is 0 Å². The monoisotopic (exact) mass is 205 g/mol. The Balaban J connectivity index is 3.19. The maximum absolute atomic E-state index is 11.4. The van der Waals surface area contributed by atoms with Gasteiger partial charge in [-0.05, 0) is 6.42 Å². The molecular formula is C7H11NO2S2. The fraction of sp³-hybridized carbons (Fsp3) is 0.571. The van der Waals surface area contributed by atoms with Crippen molar-refractivity contribution in [2.24, 2.45) is 0 Å². The van der Waals surface area contributed by atoms with Crippen molar-refractivity contribution in [3.8, 4) is 0 Å². The van der Waals surface area contributed by atoms with Crippen molar-refractivity contribution in [2.75, 3.05) is 5.75 Å². The van der Waals surface area contributed by atoms with Crippen molar-refractivity contribution in [2.45, 2.75) is 25.3 Å². The van der Waals surface area contributed by atoms with Gasteiger partial charge < -0.3 is 0 Å². The molecule has 3 nitrogen and oxygen atoms in total. The van der Waals surface area contributed by atoms with Crippen LogP contribution in [0.1, 0.15) is 18.7 Å². The fourth-order valence-corrected chi connectivity index (χ4v) is 3.06. The summed E-state index contributed by atoms with van der Waals surface area (Å²) in [5.41, 5.74) is 1.58. The van der Waals surface area contributed by atoms with Gasteiger partial charge in [-0.1, -0.05) is 13.8 Å². The van der Waals surface area contributed by atoms with E-state index in [1.165, 1.54) is 11.3 Å². The van der Waals surface area contributed by atoms with Gasteiger partial charge in [0.1, 0.15) is 0 Å². The van der Waals surface area contributed by atoms with Gasteiger partial charge in [0.25, 0.3) is 0 Å². The summed E-state index contributed by atoms with van der Waals surface area (Å²) >= 11 is 1.40. The Morgan fingerprint density at radius 3 is 2.67 bits per heavy atom. The summed E-state index contributed by atoms with van der Waals surface area (Å²) in [6, 6.07) is 0. The minimum absolute atomic E-state index is 0.129. The Morgan fingerprint density at radius 1 is 1.50 bits per heavy atom. The van der Waals surface area contributed by atoms with Crippen LogP contribution in [0.5, 0.6) is 0 Å². The van der Waals surface area contributed by atoms with Gasteiger partial charge in [-0.2, -0.15) is 0 Å². The van der Waals surface area contributed by atoms with E-state index in [-0.39, 0.29) is 10.8 Å². The lowest BCUT2D eigenvalue weighted by molar-refractivity contribution is 0.593. The zero-order valence-corrected chi connectivity index (χ0v) is 8.70. The summed E-state index contributed by atoms with van der Waals surface area (Å²) in [4.78, 5) is 4.72. The van der Waals surface area contributed by atoms with Crippen molar-refractivity contribution in [1.82, 2.24) is 4.98 Å². The highest BCUT2D eigenvalue weighted by molar-refractivity contribution is 7.91. The molecule has 0 aliphatic rings. The van der Waals surface area contributed by atoms with E-state index in [1.807, 2.05) is 6.92 Å². The SMILES string of the molecule is CCc1scnc1S(=O)(=O)CC. The van der Waals surface area contributed by atoms with Gasteiger partial charge in [-0.15, -0.1) is 11.3 Å². The molecule has 0 saturated carbocycles. The largest absolute Gasteiger partial charge is 0.233 e. The van der Waals surface area contributed by atoms with Crippen LogP contribution < -0.4 is 0 Å². The first-order valence-electron chi connectivity index (χ1n) is 3.77. The quantitative estimate of drug-likeness (QED) is 0.751. The molecule has 0 spiro atoms. The number of aromatic nitrogens is 1. The van der Waals surface area contributed by atoms with E-state index in [2.05, 4.69) is 4.98 Å². The molecule has 0 aliphatic carbocycles. The molecule has 0 bridgehead atoms. The van der Waals surface area contributed by atoms with Crippen LogP contribution in [0.3, 0.4) is 0 Å². The molecule has 0 fully saturated rings. The zero-order valence-electron chi connectivity index (χ0n) is 7.07. The number of rotatable bonds is 3. The van der Waals surface area contributed by atoms with Crippen molar-refractivity contribution >= 4 is 21.2 Å². The second-order valence-corrected chi connectivity index (χ2v) is 5.47. The second-order valence-electron chi connectivity index (χ2n) is 2.34. The molecule has 1 rings (SSSR count). The van der Waals surface area contributed by atoms with E-state index in [4.69, 9.17) is 0 Å². The predicted molar refractivity (Wildman–Crippen MR) is 49.2 cm³/mol. The molecule has 68 valence electrons.